The molecule has 0 heterocycles. The molecule has 1 aromatic rings. The number of hydrogen-bond donors (Lipinski definition) is 2. The largest absolute Gasteiger partial charge is 0.496 e. The number of carboxylic acid groups (broad SMARTS) is 1. The summed E-state index contributed by atoms with van der Waals surface area (Å²) in [4.78, 5) is 10.7. The number of methoxy groups -OCH3 is 1. The van der Waals surface area contributed by atoms with E-state index in [2.05, 4.69) is 5.32 Å². The molecule has 0 atom stereocenters. The van der Waals surface area contributed by atoms with Crippen LogP contribution in [0.5, 0.6) is 5.75 Å². The van der Waals surface area contributed by atoms with Gasteiger partial charge in [-0.3, -0.25) is 0 Å². The van der Waals surface area contributed by atoms with Crippen LogP contribution in [0.1, 0.15) is 10.4 Å². The van der Waals surface area contributed by atoms with Gasteiger partial charge in [-0.2, -0.15) is 0 Å². The van der Waals surface area contributed by atoms with E-state index in [9.17, 15) is 4.79 Å². The van der Waals surface area contributed by atoms with Gasteiger partial charge in [-0.1, -0.05) is 0 Å². The lowest BCUT2D eigenvalue weighted by atomic mass is 10.2. The Morgan fingerprint density at radius 2 is 2.23 bits per heavy atom. The molecule has 1 rings (SSSR count). The van der Waals surface area contributed by atoms with Crippen LogP contribution in [0.25, 0.3) is 0 Å². The van der Waals surface area contributed by atoms with E-state index in [0.717, 1.165) is 5.69 Å². The molecule has 0 aliphatic carbocycles. The summed E-state index contributed by atoms with van der Waals surface area (Å²) in [6, 6.07) is 4.84. The molecule has 0 saturated carbocycles. The maximum atomic E-state index is 10.7. The lowest BCUT2D eigenvalue weighted by molar-refractivity contribution is 0.0693. The average Bonchev–Trinajstić information content (AvgIpc) is 2.16. The molecule has 70 valence electrons. The molecule has 1 aromatic carbocycles. The van der Waals surface area contributed by atoms with E-state index in [1.54, 1.807) is 19.2 Å². The van der Waals surface area contributed by atoms with Crippen LogP contribution in [0.3, 0.4) is 0 Å². The number of carboxylic acids is 1. The van der Waals surface area contributed by atoms with Crippen molar-refractivity contribution >= 4 is 11.7 Å². The summed E-state index contributed by atoms with van der Waals surface area (Å²) in [6.45, 7) is 0. The summed E-state index contributed by atoms with van der Waals surface area (Å²) in [7, 11) is 3.20. The van der Waals surface area contributed by atoms with Gasteiger partial charge in [0.15, 0.2) is 0 Å². The molecule has 0 fully saturated rings. The molecular weight excluding hydrogens is 170 g/mol. The number of anilines is 1. The number of aromatic carboxylic acids is 1. The van der Waals surface area contributed by atoms with Crippen molar-refractivity contribution < 1.29 is 14.6 Å². The third-order valence-electron chi connectivity index (χ3n) is 1.72. The zero-order valence-corrected chi connectivity index (χ0v) is 7.50. The Morgan fingerprint density at radius 1 is 1.54 bits per heavy atom. The SMILES string of the molecule is CNc1ccc(C(=O)O)c(OC)c1. The third kappa shape index (κ3) is 1.90. The lowest BCUT2D eigenvalue weighted by Crippen LogP contribution is -2.01. The van der Waals surface area contributed by atoms with Crippen molar-refractivity contribution in [3.63, 3.8) is 0 Å². The van der Waals surface area contributed by atoms with Crippen molar-refractivity contribution in [1.82, 2.24) is 0 Å². The number of benzene rings is 1. The molecule has 0 aromatic heterocycles. The highest BCUT2D eigenvalue weighted by Gasteiger charge is 2.10. The Morgan fingerprint density at radius 3 is 2.69 bits per heavy atom. The third-order valence-corrected chi connectivity index (χ3v) is 1.72. The van der Waals surface area contributed by atoms with Gasteiger partial charge in [0.1, 0.15) is 11.3 Å². The fraction of sp³-hybridized carbons (Fsp3) is 0.222. The molecule has 0 aliphatic rings. The van der Waals surface area contributed by atoms with Crippen molar-refractivity contribution in [2.45, 2.75) is 0 Å². The van der Waals surface area contributed by atoms with Crippen LogP contribution in [-0.4, -0.2) is 25.2 Å². The maximum Gasteiger partial charge on any atom is 0.339 e. The average molecular weight is 181 g/mol. The van der Waals surface area contributed by atoms with Gasteiger partial charge in [0.2, 0.25) is 0 Å². The zero-order chi connectivity index (χ0) is 9.84. The Kier molecular flexibility index (Phi) is 2.74. The molecule has 2 N–H and O–H groups in total. The highest BCUT2D eigenvalue weighted by atomic mass is 16.5. The fourth-order valence-corrected chi connectivity index (χ4v) is 1.02. The van der Waals surface area contributed by atoms with Gasteiger partial charge < -0.3 is 15.2 Å². The molecule has 0 spiro atoms. The second-order valence-corrected chi connectivity index (χ2v) is 2.47. The van der Waals surface area contributed by atoms with E-state index in [-0.39, 0.29) is 5.56 Å². The Labute approximate surface area is 76.1 Å². The zero-order valence-electron chi connectivity index (χ0n) is 7.50. The molecule has 0 unspecified atom stereocenters. The smallest absolute Gasteiger partial charge is 0.339 e. The molecule has 0 aliphatic heterocycles. The number of carbonyl (C=O) groups is 1. The second-order valence-electron chi connectivity index (χ2n) is 2.47. The number of nitrogens with one attached hydrogen (secondary N) is 1. The van der Waals surface area contributed by atoms with Gasteiger partial charge in [-0.15, -0.1) is 0 Å². The van der Waals surface area contributed by atoms with Gasteiger partial charge in [0.05, 0.1) is 7.11 Å². The van der Waals surface area contributed by atoms with Gasteiger partial charge in [-0.25, -0.2) is 4.79 Å². The van der Waals surface area contributed by atoms with E-state index in [4.69, 9.17) is 9.84 Å². The van der Waals surface area contributed by atoms with Crippen molar-refractivity contribution in [2.24, 2.45) is 0 Å². The highest BCUT2D eigenvalue weighted by molar-refractivity contribution is 5.91. The Bertz CT molecular complexity index is 323. The standard InChI is InChI=1S/C9H11NO3/c1-10-6-3-4-7(9(11)12)8(5-6)13-2/h3-5,10H,1-2H3,(H,11,12). The summed E-state index contributed by atoms with van der Waals surface area (Å²) < 4.78 is 4.93. The van der Waals surface area contributed by atoms with Crippen molar-refractivity contribution in [2.75, 3.05) is 19.5 Å². The summed E-state index contributed by atoms with van der Waals surface area (Å²) >= 11 is 0. The normalized spacial score (nSPS) is 9.38. The molecule has 4 nitrogen and oxygen atoms in total. The van der Waals surface area contributed by atoms with Crippen molar-refractivity contribution in [3.8, 4) is 5.75 Å². The quantitative estimate of drug-likeness (QED) is 0.740. The lowest BCUT2D eigenvalue weighted by Gasteiger charge is -2.06. The molecule has 13 heavy (non-hydrogen) atoms. The van der Waals surface area contributed by atoms with Crippen LogP contribution < -0.4 is 10.1 Å². The Hall–Kier alpha value is -1.71. The van der Waals surface area contributed by atoms with Crippen LogP contribution in [-0.2, 0) is 0 Å². The molecule has 4 heteroatoms. The van der Waals surface area contributed by atoms with Crippen molar-refractivity contribution in [3.05, 3.63) is 23.8 Å². The monoisotopic (exact) mass is 181 g/mol. The number of ether oxygens (including phenoxy) is 1. The minimum Gasteiger partial charge on any atom is -0.496 e. The van der Waals surface area contributed by atoms with Crippen LogP contribution in [0.15, 0.2) is 18.2 Å². The topological polar surface area (TPSA) is 58.6 Å². The summed E-state index contributed by atoms with van der Waals surface area (Å²) in [5.41, 5.74) is 0.989. The number of rotatable bonds is 3. The van der Waals surface area contributed by atoms with E-state index < -0.39 is 5.97 Å². The minimum absolute atomic E-state index is 0.168. The summed E-state index contributed by atoms with van der Waals surface area (Å²) in [5.74, 6) is -0.626. The first-order chi connectivity index (χ1) is 6.19. The van der Waals surface area contributed by atoms with Gasteiger partial charge >= 0.3 is 5.97 Å². The van der Waals surface area contributed by atoms with Gasteiger partial charge in [-0.05, 0) is 12.1 Å². The van der Waals surface area contributed by atoms with E-state index in [0.29, 0.717) is 5.75 Å². The van der Waals surface area contributed by atoms with Gasteiger partial charge in [0, 0.05) is 18.8 Å². The van der Waals surface area contributed by atoms with Gasteiger partial charge in [0.25, 0.3) is 0 Å². The minimum atomic E-state index is -0.987. The first-order valence-corrected chi connectivity index (χ1v) is 3.78. The number of hydrogen-bond acceptors (Lipinski definition) is 3. The first kappa shape index (κ1) is 9.38. The van der Waals surface area contributed by atoms with Crippen LogP contribution in [0, 0.1) is 0 Å². The Balaban J connectivity index is 3.15. The van der Waals surface area contributed by atoms with Crippen molar-refractivity contribution in [1.29, 1.82) is 0 Å². The molecule has 0 radical (unpaired) electrons. The van der Waals surface area contributed by atoms with Crippen LogP contribution in [0.2, 0.25) is 0 Å². The maximum absolute atomic E-state index is 10.7. The van der Waals surface area contributed by atoms with E-state index in [1.807, 2.05) is 0 Å². The fourth-order valence-electron chi connectivity index (χ4n) is 1.02. The first-order valence-electron chi connectivity index (χ1n) is 3.78. The predicted molar refractivity (Wildman–Crippen MR) is 49.5 cm³/mol. The summed E-state index contributed by atoms with van der Waals surface area (Å²) in [6.07, 6.45) is 0. The highest BCUT2D eigenvalue weighted by Crippen LogP contribution is 2.22. The van der Waals surface area contributed by atoms with E-state index in [1.165, 1.54) is 13.2 Å². The van der Waals surface area contributed by atoms with Crippen LogP contribution in [0.4, 0.5) is 5.69 Å². The van der Waals surface area contributed by atoms with E-state index >= 15 is 0 Å². The second kappa shape index (κ2) is 3.80. The molecule has 0 bridgehead atoms. The van der Waals surface area contributed by atoms with Crippen LogP contribution >= 0.6 is 0 Å². The molecular formula is C9H11NO3. The summed E-state index contributed by atoms with van der Waals surface area (Å²) in [5, 5.41) is 11.7. The predicted octanol–water partition coefficient (Wildman–Crippen LogP) is 1.44. The molecule has 0 amide bonds. The molecule has 0 saturated heterocycles.